The lowest BCUT2D eigenvalue weighted by Gasteiger charge is -2.22. The lowest BCUT2D eigenvalue weighted by molar-refractivity contribution is 0.724. The van der Waals surface area contributed by atoms with E-state index in [9.17, 15) is 0 Å². The molecule has 140 valence electrons. The summed E-state index contributed by atoms with van der Waals surface area (Å²) in [6.45, 7) is 4.08. The minimum Gasteiger partial charge on any atom is -0.355 e. The molecule has 0 spiro atoms. The molecule has 0 unspecified atom stereocenters. The van der Waals surface area contributed by atoms with Crippen LogP contribution in [0.4, 0.5) is 5.82 Å². The van der Waals surface area contributed by atoms with E-state index in [-0.39, 0.29) is 0 Å². The minimum atomic E-state index is 0.981. The first kappa shape index (κ1) is 17.3. The molecule has 3 heterocycles. The molecule has 4 aromatic rings. The largest absolute Gasteiger partial charge is 0.355 e. The topological polar surface area (TPSA) is 41.1 Å². The quantitative estimate of drug-likeness (QED) is 0.548. The molecule has 28 heavy (non-hydrogen) atoms. The Labute approximate surface area is 168 Å². The summed E-state index contributed by atoms with van der Waals surface area (Å²) in [6, 6.07) is 19.3. The van der Waals surface area contributed by atoms with Gasteiger partial charge in [-0.2, -0.15) is 0 Å². The smallest absolute Gasteiger partial charge is 0.141 e. The van der Waals surface area contributed by atoms with Crippen LogP contribution < -0.4 is 10.2 Å². The van der Waals surface area contributed by atoms with Gasteiger partial charge in [-0.25, -0.2) is 9.97 Å². The second kappa shape index (κ2) is 7.70. The Hall–Kier alpha value is -2.76. The molecule has 0 radical (unpaired) electrons. The van der Waals surface area contributed by atoms with E-state index in [1.165, 1.54) is 27.6 Å². The molecule has 1 fully saturated rings. The van der Waals surface area contributed by atoms with E-state index >= 15 is 0 Å². The van der Waals surface area contributed by atoms with Crippen LogP contribution in [-0.2, 0) is 0 Å². The Morgan fingerprint density at radius 2 is 1.61 bits per heavy atom. The first-order valence-electron chi connectivity index (χ1n) is 9.74. The van der Waals surface area contributed by atoms with Gasteiger partial charge in [0.1, 0.15) is 17.0 Å². The van der Waals surface area contributed by atoms with Crippen LogP contribution in [0.5, 0.6) is 0 Å². The molecular formula is C23H22N4S. The Bertz CT molecular complexity index is 1060. The SMILES string of the molecule is c1ccc(-c2ccc(-c3csc4ncnc(N5CCCNCC5)c34)cc2)cc1. The summed E-state index contributed by atoms with van der Waals surface area (Å²) in [5, 5.41) is 6.88. The van der Waals surface area contributed by atoms with Crippen molar-refractivity contribution in [3.05, 3.63) is 66.3 Å². The Morgan fingerprint density at radius 1 is 0.821 bits per heavy atom. The van der Waals surface area contributed by atoms with Gasteiger partial charge < -0.3 is 10.2 Å². The van der Waals surface area contributed by atoms with Crippen molar-refractivity contribution in [1.82, 2.24) is 15.3 Å². The normalized spacial score (nSPS) is 14.9. The summed E-state index contributed by atoms with van der Waals surface area (Å²) in [5.74, 6) is 1.07. The predicted octanol–water partition coefficient (Wildman–Crippen LogP) is 4.83. The fourth-order valence-corrected chi connectivity index (χ4v) is 4.75. The molecule has 5 heteroatoms. The second-order valence-electron chi connectivity index (χ2n) is 7.06. The summed E-state index contributed by atoms with van der Waals surface area (Å²) in [6.07, 6.45) is 2.84. The van der Waals surface area contributed by atoms with Gasteiger partial charge in [-0.3, -0.25) is 0 Å². The van der Waals surface area contributed by atoms with Crippen LogP contribution >= 0.6 is 11.3 Å². The molecule has 0 saturated carbocycles. The van der Waals surface area contributed by atoms with Gasteiger partial charge in [0.25, 0.3) is 0 Å². The standard InChI is InChI=1S/C23H22N4S/c1-2-5-17(6-3-1)18-7-9-19(10-8-18)20-15-28-23-21(20)22(25-16-26-23)27-13-4-11-24-12-14-27/h1-3,5-10,15-16,24H,4,11-14H2. The molecule has 2 aromatic carbocycles. The molecular weight excluding hydrogens is 364 g/mol. The Kier molecular flexibility index (Phi) is 4.77. The van der Waals surface area contributed by atoms with E-state index in [1.807, 2.05) is 0 Å². The lowest BCUT2D eigenvalue weighted by atomic mass is 10.0. The van der Waals surface area contributed by atoms with Gasteiger partial charge in [0, 0.05) is 30.6 Å². The van der Waals surface area contributed by atoms with Gasteiger partial charge >= 0.3 is 0 Å². The Balaban J connectivity index is 1.56. The van der Waals surface area contributed by atoms with Crippen molar-refractivity contribution in [2.45, 2.75) is 6.42 Å². The summed E-state index contributed by atoms with van der Waals surface area (Å²) in [4.78, 5) is 12.7. The maximum absolute atomic E-state index is 4.69. The van der Waals surface area contributed by atoms with Gasteiger partial charge in [-0.05, 0) is 29.7 Å². The van der Waals surface area contributed by atoms with Crippen molar-refractivity contribution in [3.8, 4) is 22.3 Å². The highest BCUT2D eigenvalue weighted by Crippen LogP contribution is 2.38. The zero-order valence-corrected chi connectivity index (χ0v) is 16.5. The monoisotopic (exact) mass is 386 g/mol. The number of hydrogen-bond acceptors (Lipinski definition) is 5. The van der Waals surface area contributed by atoms with Crippen LogP contribution in [-0.4, -0.2) is 36.1 Å². The number of thiophene rings is 1. The molecule has 0 bridgehead atoms. The number of hydrogen-bond donors (Lipinski definition) is 1. The van der Waals surface area contributed by atoms with Crippen LogP contribution in [0.25, 0.3) is 32.5 Å². The van der Waals surface area contributed by atoms with Crippen molar-refractivity contribution >= 4 is 27.4 Å². The van der Waals surface area contributed by atoms with E-state index in [1.54, 1.807) is 17.7 Å². The molecule has 2 aromatic heterocycles. The molecule has 1 N–H and O–H groups in total. The lowest BCUT2D eigenvalue weighted by Crippen LogP contribution is -2.28. The van der Waals surface area contributed by atoms with E-state index in [0.717, 1.165) is 43.2 Å². The van der Waals surface area contributed by atoms with E-state index in [2.05, 4.69) is 80.2 Å². The maximum Gasteiger partial charge on any atom is 0.141 e. The maximum atomic E-state index is 4.69. The fraction of sp³-hybridized carbons (Fsp3) is 0.217. The average molecular weight is 387 g/mol. The number of fused-ring (bicyclic) bond motifs is 1. The molecule has 0 atom stereocenters. The number of aromatic nitrogens is 2. The van der Waals surface area contributed by atoms with Crippen molar-refractivity contribution in [2.24, 2.45) is 0 Å². The third kappa shape index (κ3) is 3.28. The first-order valence-corrected chi connectivity index (χ1v) is 10.6. The third-order valence-corrected chi connectivity index (χ3v) is 6.18. The number of benzene rings is 2. The van der Waals surface area contributed by atoms with E-state index < -0.39 is 0 Å². The molecule has 4 nitrogen and oxygen atoms in total. The molecule has 0 amide bonds. The Morgan fingerprint density at radius 3 is 2.46 bits per heavy atom. The fourth-order valence-electron chi connectivity index (χ4n) is 3.84. The summed E-state index contributed by atoms with van der Waals surface area (Å²) < 4.78 is 0. The van der Waals surface area contributed by atoms with Crippen molar-refractivity contribution in [2.75, 3.05) is 31.1 Å². The molecule has 1 aliphatic rings. The van der Waals surface area contributed by atoms with Gasteiger partial charge in [0.2, 0.25) is 0 Å². The number of anilines is 1. The third-order valence-electron chi connectivity index (χ3n) is 5.29. The van der Waals surface area contributed by atoms with Gasteiger partial charge in [-0.1, -0.05) is 54.6 Å². The minimum absolute atomic E-state index is 0.981. The van der Waals surface area contributed by atoms with Crippen molar-refractivity contribution in [1.29, 1.82) is 0 Å². The number of rotatable bonds is 3. The average Bonchev–Trinajstić information content (AvgIpc) is 3.01. The van der Waals surface area contributed by atoms with E-state index in [0.29, 0.717) is 0 Å². The van der Waals surface area contributed by atoms with Crippen LogP contribution in [0.1, 0.15) is 6.42 Å². The molecule has 5 rings (SSSR count). The van der Waals surface area contributed by atoms with Crippen LogP contribution in [0, 0.1) is 0 Å². The van der Waals surface area contributed by atoms with Crippen molar-refractivity contribution in [3.63, 3.8) is 0 Å². The van der Waals surface area contributed by atoms with Gasteiger partial charge in [-0.15, -0.1) is 11.3 Å². The summed E-state index contributed by atoms with van der Waals surface area (Å²) in [7, 11) is 0. The highest BCUT2D eigenvalue weighted by molar-refractivity contribution is 7.17. The van der Waals surface area contributed by atoms with E-state index in [4.69, 9.17) is 0 Å². The number of nitrogens with one attached hydrogen (secondary N) is 1. The zero-order valence-electron chi connectivity index (χ0n) is 15.6. The van der Waals surface area contributed by atoms with Crippen molar-refractivity contribution < 1.29 is 0 Å². The highest BCUT2D eigenvalue weighted by atomic mass is 32.1. The molecule has 1 aliphatic heterocycles. The first-order chi connectivity index (χ1) is 13.9. The van der Waals surface area contributed by atoms with Crippen LogP contribution in [0.2, 0.25) is 0 Å². The van der Waals surface area contributed by atoms with Gasteiger partial charge in [0.05, 0.1) is 5.39 Å². The zero-order chi connectivity index (χ0) is 18.8. The summed E-state index contributed by atoms with van der Waals surface area (Å²) >= 11 is 1.70. The molecule has 1 saturated heterocycles. The van der Waals surface area contributed by atoms with Crippen LogP contribution in [0.15, 0.2) is 66.3 Å². The van der Waals surface area contributed by atoms with Gasteiger partial charge in [0.15, 0.2) is 0 Å². The second-order valence-corrected chi connectivity index (χ2v) is 7.92. The highest BCUT2D eigenvalue weighted by Gasteiger charge is 2.18. The predicted molar refractivity (Wildman–Crippen MR) is 118 cm³/mol. The number of nitrogens with zero attached hydrogens (tertiary/aromatic N) is 3. The van der Waals surface area contributed by atoms with Crippen LogP contribution in [0.3, 0.4) is 0 Å². The summed E-state index contributed by atoms with van der Waals surface area (Å²) in [5.41, 5.74) is 4.92. The molecule has 0 aliphatic carbocycles.